The summed E-state index contributed by atoms with van der Waals surface area (Å²) in [6.45, 7) is 7.08. The molecular weight excluding hydrogens is 518 g/mol. The van der Waals surface area contributed by atoms with Gasteiger partial charge < -0.3 is 15.0 Å². The average molecular weight is 547 g/mol. The monoisotopic (exact) mass is 546 g/mol. The van der Waals surface area contributed by atoms with E-state index < -0.39 is 5.97 Å². The molecule has 2 atom stereocenters. The molecule has 0 radical (unpaired) electrons. The van der Waals surface area contributed by atoms with Gasteiger partial charge in [0.15, 0.2) is 5.69 Å². The van der Waals surface area contributed by atoms with Crippen molar-refractivity contribution in [1.29, 1.82) is 0 Å². The maximum atomic E-state index is 13.3. The number of aromatic nitrogens is 2. The molecule has 2 heterocycles. The molecule has 1 aliphatic heterocycles. The Balaban J connectivity index is 1.55. The molecule has 1 aliphatic rings. The van der Waals surface area contributed by atoms with Crippen LogP contribution in [-0.2, 0) is 24.2 Å². The molecule has 0 saturated carbocycles. The van der Waals surface area contributed by atoms with Gasteiger partial charge in [0, 0.05) is 36.2 Å². The van der Waals surface area contributed by atoms with Crippen LogP contribution in [0.15, 0.2) is 42.5 Å². The van der Waals surface area contributed by atoms with E-state index in [2.05, 4.69) is 5.32 Å². The van der Waals surface area contributed by atoms with Crippen molar-refractivity contribution in [2.45, 2.75) is 52.4 Å². The van der Waals surface area contributed by atoms with E-state index in [1.807, 2.05) is 13.8 Å². The lowest BCUT2D eigenvalue weighted by molar-refractivity contribution is 0.0502. The molecule has 37 heavy (non-hydrogen) atoms. The number of carbonyl (C=O) groups excluding carboxylic acids is 2. The van der Waals surface area contributed by atoms with E-state index in [9.17, 15) is 14.0 Å². The van der Waals surface area contributed by atoms with Gasteiger partial charge in [0.25, 0.3) is 5.91 Å². The van der Waals surface area contributed by atoms with E-state index in [4.69, 9.17) is 33.0 Å². The second kappa shape index (κ2) is 11.6. The Labute approximate surface area is 225 Å². The lowest BCUT2D eigenvalue weighted by atomic mass is 9.98. The third-order valence-electron chi connectivity index (χ3n) is 6.52. The Morgan fingerprint density at radius 2 is 1.92 bits per heavy atom. The lowest BCUT2D eigenvalue weighted by Crippen LogP contribution is -2.42. The summed E-state index contributed by atoms with van der Waals surface area (Å²) in [6, 6.07) is 11.0. The SMILES string of the molecule is CCOC(=O)c1c2c(nn1CCN[C@H](C)c1ccc(F)cc1)C[C@@H](C)N(C(=O)c1ccc(Cl)c(Cl)c1)C2. The van der Waals surface area contributed by atoms with Crippen molar-refractivity contribution >= 4 is 35.1 Å². The van der Waals surface area contributed by atoms with Crippen molar-refractivity contribution in [3.63, 3.8) is 0 Å². The number of fused-ring (bicyclic) bond motifs is 1. The normalized spacial score (nSPS) is 15.8. The van der Waals surface area contributed by atoms with Crippen LogP contribution < -0.4 is 5.32 Å². The van der Waals surface area contributed by atoms with Crippen molar-refractivity contribution in [1.82, 2.24) is 20.0 Å². The maximum Gasteiger partial charge on any atom is 0.356 e. The van der Waals surface area contributed by atoms with Crippen LogP contribution in [0.1, 0.15) is 64.5 Å². The number of esters is 1. The molecule has 4 rings (SSSR count). The van der Waals surface area contributed by atoms with E-state index in [-0.39, 0.29) is 37.0 Å². The first-order valence-electron chi connectivity index (χ1n) is 12.2. The second-order valence-electron chi connectivity index (χ2n) is 9.06. The number of hydrogen-bond acceptors (Lipinski definition) is 5. The van der Waals surface area contributed by atoms with Crippen LogP contribution >= 0.6 is 23.2 Å². The van der Waals surface area contributed by atoms with Crippen molar-refractivity contribution in [2.24, 2.45) is 0 Å². The van der Waals surface area contributed by atoms with Crippen molar-refractivity contribution in [2.75, 3.05) is 13.2 Å². The molecule has 0 fully saturated rings. The van der Waals surface area contributed by atoms with Gasteiger partial charge in [-0.2, -0.15) is 5.10 Å². The first kappa shape index (κ1) is 27.1. The van der Waals surface area contributed by atoms with Crippen molar-refractivity contribution in [3.8, 4) is 0 Å². The largest absolute Gasteiger partial charge is 0.461 e. The molecule has 0 aliphatic carbocycles. The van der Waals surface area contributed by atoms with Crippen LogP contribution in [0, 0.1) is 5.82 Å². The molecule has 0 bridgehead atoms. The van der Waals surface area contributed by atoms with Crippen molar-refractivity contribution in [3.05, 3.63) is 86.4 Å². The quantitative estimate of drug-likeness (QED) is 0.380. The topological polar surface area (TPSA) is 76.5 Å². The van der Waals surface area contributed by atoms with Gasteiger partial charge in [-0.25, -0.2) is 9.18 Å². The zero-order valence-electron chi connectivity index (χ0n) is 20.9. The molecule has 0 unspecified atom stereocenters. The highest BCUT2D eigenvalue weighted by molar-refractivity contribution is 6.42. The van der Waals surface area contributed by atoms with Gasteiger partial charge >= 0.3 is 5.97 Å². The molecule has 1 N–H and O–H groups in total. The van der Waals surface area contributed by atoms with Crippen LogP contribution in [0.4, 0.5) is 4.39 Å². The maximum absolute atomic E-state index is 13.3. The van der Waals surface area contributed by atoms with Crippen LogP contribution in [0.2, 0.25) is 10.0 Å². The Hall–Kier alpha value is -2.94. The summed E-state index contributed by atoms with van der Waals surface area (Å²) >= 11 is 12.2. The highest BCUT2D eigenvalue weighted by atomic mass is 35.5. The minimum absolute atomic E-state index is 0.0174. The van der Waals surface area contributed by atoms with Gasteiger partial charge in [-0.05, 0) is 56.7 Å². The molecule has 2 aromatic carbocycles. The highest BCUT2D eigenvalue weighted by Gasteiger charge is 2.34. The fourth-order valence-corrected chi connectivity index (χ4v) is 4.81. The third-order valence-corrected chi connectivity index (χ3v) is 7.26. The zero-order chi connectivity index (χ0) is 26.7. The smallest absolute Gasteiger partial charge is 0.356 e. The summed E-state index contributed by atoms with van der Waals surface area (Å²) in [5.74, 6) is -0.952. The molecular formula is C27H29Cl2FN4O3. The number of benzene rings is 2. The first-order valence-corrected chi connectivity index (χ1v) is 13.0. The Bertz CT molecular complexity index is 1300. The van der Waals surface area contributed by atoms with Gasteiger partial charge in [-0.3, -0.25) is 9.48 Å². The van der Waals surface area contributed by atoms with Crippen LogP contribution in [0.5, 0.6) is 0 Å². The minimum Gasteiger partial charge on any atom is -0.461 e. The first-order chi connectivity index (χ1) is 17.7. The fraction of sp³-hybridized carbons (Fsp3) is 0.370. The van der Waals surface area contributed by atoms with Crippen LogP contribution in [0.25, 0.3) is 0 Å². The summed E-state index contributed by atoms with van der Waals surface area (Å²) in [4.78, 5) is 28.0. The van der Waals surface area contributed by atoms with E-state index in [1.54, 1.807) is 46.8 Å². The Morgan fingerprint density at radius 3 is 2.59 bits per heavy atom. The summed E-state index contributed by atoms with van der Waals surface area (Å²) in [5.41, 5.74) is 3.20. The van der Waals surface area contributed by atoms with Crippen LogP contribution in [0.3, 0.4) is 0 Å². The van der Waals surface area contributed by atoms with Crippen molar-refractivity contribution < 1.29 is 18.7 Å². The second-order valence-corrected chi connectivity index (χ2v) is 9.87. The molecule has 196 valence electrons. The van der Waals surface area contributed by atoms with Crippen LogP contribution in [-0.4, -0.2) is 45.8 Å². The van der Waals surface area contributed by atoms with E-state index >= 15 is 0 Å². The summed E-state index contributed by atoms with van der Waals surface area (Å²) in [7, 11) is 0. The average Bonchev–Trinajstić information content (AvgIpc) is 3.22. The van der Waals surface area contributed by atoms with E-state index in [1.165, 1.54) is 12.1 Å². The molecule has 1 amide bonds. The number of amides is 1. The number of hydrogen-bond donors (Lipinski definition) is 1. The Kier molecular flexibility index (Phi) is 8.52. The van der Waals surface area contributed by atoms with Gasteiger partial charge in [-0.15, -0.1) is 0 Å². The number of rotatable bonds is 8. The molecule has 1 aromatic heterocycles. The fourth-order valence-electron chi connectivity index (χ4n) is 4.51. The van der Waals surface area contributed by atoms with Gasteiger partial charge in [0.2, 0.25) is 0 Å². The number of ether oxygens (including phenoxy) is 1. The number of nitrogens with one attached hydrogen (secondary N) is 1. The summed E-state index contributed by atoms with van der Waals surface area (Å²) in [5, 5.41) is 8.80. The van der Waals surface area contributed by atoms with E-state index in [0.29, 0.717) is 46.4 Å². The molecule has 3 aromatic rings. The number of nitrogens with zero attached hydrogens (tertiary/aromatic N) is 3. The zero-order valence-corrected chi connectivity index (χ0v) is 22.4. The number of halogens is 3. The van der Waals surface area contributed by atoms with E-state index in [0.717, 1.165) is 11.3 Å². The summed E-state index contributed by atoms with van der Waals surface area (Å²) in [6.07, 6.45) is 0.501. The predicted octanol–water partition coefficient (Wildman–Crippen LogP) is 5.44. The molecule has 7 nitrogen and oxygen atoms in total. The molecule has 0 saturated heterocycles. The van der Waals surface area contributed by atoms with Gasteiger partial charge in [0.05, 0.1) is 35.4 Å². The Morgan fingerprint density at radius 1 is 1.19 bits per heavy atom. The highest BCUT2D eigenvalue weighted by Crippen LogP contribution is 2.29. The predicted molar refractivity (Wildman–Crippen MR) is 141 cm³/mol. The lowest BCUT2D eigenvalue weighted by Gasteiger charge is -2.33. The molecule has 0 spiro atoms. The molecule has 10 heteroatoms. The van der Waals surface area contributed by atoms with Gasteiger partial charge in [0.1, 0.15) is 5.82 Å². The third kappa shape index (κ3) is 5.98. The summed E-state index contributed by atoms with van der Waals surface area (Å²) < 4.78 is 20.2. The van der Waals surface area contributed by atoms with Gasteiger partial charge in [-0.1, -0.05) is 35.3 Å². The standard InChI is InChI=1S/C27H29Cl2FN4O3/c1-4-37-27(36)25-21-15-33(26(35)19-7-10-22(28)23(29)14-19)16(2)13-24(21)32-34(25)12-11-31-17(3)18-5-8-20(30)9-6-18/h5-10,14,16-17,31H,4,11-13,15H2,1-3H3/t16-,17-/m1/s1. The minimum atomic E-state index is -0.473. The number of carbonyl (C=O) groups is 2.